The highest BCUT2D eigenvalue weighted by atomic mass is 16.5. The number of hydrogen-bond acceptors (Lipinski definition) is 5. The molecule has 0 atom stereocenters. The van der Waals surface area contributed by atoms with E-state index >= 15 is 0 Å². The van der Waals surface area contributed by atoms with Crippen LogP contribution >= 0.6 is 0 Å². The SMILES string of the molecule is CC(=O)c1c(C)cc(C)c(COC(=O)CNC(=O)COc2ccccc2)c1C. The van der Waals surface area contributed by atoms with E-state index in [9.17, 15) is 14.4 Å². The third-order valence-corrected chi connectivity index (χ3v) is 4.40. The first-order chi connectivity index (χ1) is 13.3. The van der Waals surface area contributed by atoms with E-state index in [2.05, 4.69) is 5.32 Å². The van der Waals surface area contributed by atoms with Crippen LogP contribution in [0.1, 0.15) is 39.5 Å². The number of rotatable bonds is 8. The molecular formula is C22H25NO5. The van der Waals surface area contributed by atoms with E-state index in [-0.39, 0.29) is 25.5 Å². The maximum Gasteiger partial charge on any atom is 0.325 e. The Labute approximate surface area is 164 Å². The number of ketones is 1. The minimum atomic E-state index is -0.559. The summed E-state index contributed by atoms with van der Waals surface area (Å²) in [6, 6.07) is 10.8. The normalized spacial score (nSPS) is 10.3. The van der Waals surface area contributed by atoms with Crippen molar-refractivity contribution in [1.82, 2.24) is 5.32 Å². The Hall–Kier alpha value is -3.15. The van der Waals surface area contributed by atoms with Gasteiger partial charge in [-0.1, -0.05) is 24.3 Å². The minimum absolute atomic E-state index is 0.0201. The molecule has 1 amide bonds. The first-order valence-corrected chi connectivity index (χ1v) is 9.00. The third kappa shape index (κ3) is 5.67. The van der Waals surface area contributed by atoms with Crippen LogP contribution in [0.25, 0.3) is 0 Å². The van der Waals surface area contributed by atoms with E-state index in [1.165, 1.54) is 6.92 Å². The Morgan fingerprint density at radius 2 is 1.68 bits per heavy atom. The monoisotopic (exact) mass is 383 g/mol. The van der Waals surface area contributed by atoms with Gasteiger partial charge in [-0.05, 0) is 62.1 Å². The van der Waals surface area contributed by atoms with Gasteiger partial charge < -0.3 is 14.8 Å². The minimum Gasteiger partial charge on any atom is -0.484 e. The van der Waals surface area contributed by atoms with Gasteiger partial charge in [0.2, 0.25) is 0 Å². The lowest BCUT2D eigenvalue weighted by Gasteiger charge is -2.16. The number of carbonyl (C=O) groups excluding carboxylic acids is 3. The second kappa shape index (κ2) is 9.69. The fraction of sp³-hybridized carbons (Fsp3) is 0.318. The van der Waals surface area contributed by atoms with Crippen molar-refractivity contribution in [2.45, 2.75) is 34.3 Å². The summed E-state index contributed by atoms with van der Waals surface area (Å²) in [5.74, 6) is -0.417. The Morgan fingerprint density at radius 3 is 2.32 bits per heavy atom. The van der Waals surface area contributed by atoms with Crippen molar-refractivity contribution in [2.75, 3.05) is 13.2 Å². The number of benzene rings is 2. The van der Waals surface area contributed by atoms with Crippen molar-refractivity contribution in [3.63, 3.8) is 0 Å². The van der Waals surface area contributed by atoms with E-state index in [0.29, 0.717) is 11.3 Å². The summed E-state index contributed by atoms with van der Waals surface area (Å²) in [5.41, 5.74) is 4.14. The van der Waals surface area contributed by atoms with Crippen LogP contribution in [0.5, 0.6) is 5.75 Å². The van der Waals surface area contributed by atoms with Gasteiger partial charge in [0, 0.05) is 5.56 Å². The molecule has 148 valence electrons. The van der Waals surface area contributed by atoms with E-state index in [1.54, 1.807) is 24.3 Å². The molecule has 0 aliphatic heterocycles. The molecule has 6 heteroatoms. The Bertz CT molecular complexity index is 874. The average molecular weight is 383 g/mol. The summed E-state index contributed by atoms with van der Waals surface area (Å²) in [6.45, 7) is 6.79. The van der Waals surface area contributed by atoms with Gasteiger partial charge >= 0.3 is 5.97 Å². The summed E-state index contributed by atoms with van der Waals surface area (Å²) >= 11 is 0. The highest BCUT2D eigenvalue weighted by Gasteiger charge is 2.16. The van der Waals surface area contributed by atoms with Gasteiger partial charge in [0.1, 0.15) is 18.9 Å². The molecule has 0 saturated carbocycles. The van der Waals surface area contributed by atoms with Gasteiger partial charge in [-0.2, -0.15) is 0 Å². The fourth-order valence-electron chi connectivity index (χ4n) is 3.08. The molecule has 0 spiro atoms. The standard InChI is InChI=1S/C22H25NO5/c1-14-10-15(2)22(17(4)24)16(3)19(14)12-28-21(26)11-23-20(25)13-27-18-8-6-5-7-9-18/h5-10H,11-13H2,1-4H3,(H,23,25). The van der Waals surface area contributed by atoms with Crippen LogP contribution < -0.4 is 10.1 Å². The van der Waals surface area contributed by atoms with Gasteiger partial charge in [0.25, 0.3) is 5.91 Å². The smallest absolute Gasteiger partial charge is 0.325 e. The van der Waals surface area contributed by atoms with Crippen LogP contribution in [0.2, 0.25) is 0 Å². The van der Waals surface area contributed by atoms with Crippen LogP contribution in [0.3, 0.4) is 0 Å². The highest BCUT2D eigenvalue weighted by Crippen LogP contribution is 2.23. The van der Waals surface area contributed by atoms with Crippen molar-refractivity contribution in [3.05, 3.63) is 64.2 Å². The Kier molecular flexibility index (Phi) is 7.32. The highest BCUT2D eigenvalue weighted by molar-refractivity contribution is 5.97. The third-order valence-electron chi connectivity index (χ3n) is 4.40. The molecule has 1 N–H and O–H groups in total. The van der Waals surface area contributed by atoms with Gasteiger partial charge in [-0.15, -0.1) is 0 Å². The van der Waals surface area contributed by atoms with Gasteiger partial charge in [-0.3, -0.25) is 14.4 Å². The van der Waals surface area contributed by atoms with Crippen LogP contribution in [-0.2, 0) is 20.9 Å². The van der Waals surface area contributed by atoms with Crippen LogP contribution in [0, 0.1) is 20.8 Å². The van der Waals surface area contributed by atoms with Gasteiger partial charge in [0.15, 0.2) is 12.4 Å². The lowest BCUT2D eigenvalue weighted by molar-refractivity contribution is -0.145. The molecule has 0 heterocycles. The second-order valence-electron chi connectivity index (χ2n) is 6.58. The zero-order chi connectivity index (χ0) is 20.7. The largest absolute Gasteiger partial charge is 0.484 e. The number of hydrogen-bond donors (Lipinski definition) is 1. The predicted molar refractivity (Wildman–Crippen MR) is 105 cm³/mol. The molecule has 0 radical (unpaired) electrons. The summed E-state index contributed by atoms with van der Waals surface area (Å²) in [6.07, 6.45) is 0. The number of amides is 1. The van der Waals surface area contributed by atoms with E-state index in [1.807, 2.05) is 32.9 Å². The Morgan fingerprint density at radius 1 is 1.00 bits per heavy atom. The van der Waals surface area contributed by atoms with E-state index in [4.69, 9.17) is 9.47 Å². The zero-order valence-corrected chi connectivity index (χ0v) is 16.6. The first-order valence-electron chi connectivity index (χ1n) is 9.00. The van der Waals surface area contributed by atoms with E-state index in [0.717, 1.165) is 22.3 Å². The summed E-state index contributed by atoms with van der Waals surface area (Å²) < 4.78 is 10.6. The molecule has 0 aliphatic rings. The molecule has 0 saturated heterocycles. The lowest BCUT2D eigenvalue weighted by atomic mass is 9.92. The molecular weight excluding hydrogens is 358 g/mol. The van der Waals surface area contributed by atoms with Crippen molar-refractivity contribution in [3.8, 4) is 5.75 Å². The van der Waals surface area contributed by atoms with Crippen molar-refractivity contribution >= 4 is 17.7 Å². The molecule has 0 fully saturated rings. The number of ether oxygens (including phenoxy) is 2. The molecule has 0 bridgehead atoms. The number of esters is 1. The predicted octanol–water partition coefficient (Wildman–Crippen LogP) is 3.05. The first kappa shape index (κ1) is 21.2. The van der Waals surface area contributed by atoms with Crippen molar-refractivity contribution in [1.29, 1.82) is 0 Å². The molecule has 6 nitrogen and oxygen atoms in total. The summed E-state index contributed by atoms with van der Waals surface area (Å²) in [4.78, 5) is 35.6. The second-order valence-corrected chi connectivity index (χ2v) is 6.58. The zero-order valence-electron chi connectivity index (χ0n) is 16.6. The molecule has 2 rings (SSSR count). The number of para-hydroxylation sites is 1. The average Bonchev–Trinajstić information content (AvgIpc) is 2.64. The Balaban J connectivity index is 1.85. The number of Topliss-reactive ketones (excluding diaryl/α,β-unsaturated/α-hetero) is 1. The van der Waals surface area contributed by atoms with Crippen LogP contribution in [-0.4, -0.2) is 30.8 Å². The van der Waals surface area contributed by atoms with E-state index < -0.39 is 11.9 Å². The molecule has 28 heavy (non-hydrogen) atoms. The lowest BCUT2D eigenvalue weighted by Crippen LogP contribution is -2.34. The molecule has 0 aliphatic carbocycles. The van der Waals surface area contributed by atoms with Gasteiger partial charge in [-0.25, -0.2) is 0 Å². The molecule has 2 aromatic carbocycles. The molecule has 0 unspecified atom stereocenters. The van der Waals surface area contributed by atoms with Crippen LogP contribution in [0.4, 0.5) is 0 Å². The topological polar surface area (TPSA) is 81.7 Å². The van der Waals surface area contributed by atoms with Crippen LogP contribution in [0.15, 0.2) is 36.4 Å². The summed E-state index contributed by atoms with van der Waals surface area (Å²) in [5, 5.41) is 2.46. The fourth-order valence-corrected chi connectivity index (χ4v) is 3.08. The number of aryl methyl sites for hydroxylation is 2. The quantitative estimate of drug-likeness (QED) is 0.560. The molecule has 2 aromatic rings. The van der Waals surface area contributed by atoms with Crippen molar-refractivity contribution in [2.24, 2.45) is 0 Å². The van der Waals surface area contributed by atoms with Crippen molar-refractivity contribution < 1.29 is 23.9 Å². The molecule has 0 aromatic heterocycles. The number of nitrogens with one attached hydrogen (secondary N) is 1. The van der Waals surface area contributed by atoms with Gasteiger partial charge in [0.05, 0.1) is 0 Å². The summed E-state index contributed by atoms with van der Waals surface area (Å²) in [7, 11) is 0. The maximum absolute atomic E-state index is 12.0. The maximum atomic E-state index is 12.0. The number of carbonyl (C=O) groups is 3.